The summed E-state index contributed by atoms with van der Waals surface area (Å²) in [7, 11) is 1.28. The van der Waals surface area contributed by atoms with Crippen LogP contribution in [0.4, 0.5) is 0 Å². The smallest absolute Gasteiger partial charge is 0.313 e. The molecule has 0 aromatic carbocycles. The number of hydrogen-bond acceptors (Lipinski definition) is 4. The van der Waals surface area contributed by atoms with Gasteiger partial charge in [0, 0.05) is 12.5 Å². The maximum absolute atomic E-state index is 11.4. The average molecular weight is 186 g/mol. The fourth-order valence-electron chi connectivity index (χ4n) is 1.35. The maximum atomic E-state index is 11.4. The first-order valence-corrected chi connectivity index (χ1v) is 4.41. The zero-order chi connectivity index (χ0) is 9.68. The third-order valence-electron chi connectivity index (χ3n) is 2.16. The number of methoxy groups -OCH3 is 1. The molecule has 0 unspecified atom stereocenters. The second kappa shape index (κ2) is 4.97. The van der Waals surface area contributed by atoms with Crippen molar-refractivity contribution >= 4 is 11.8 Å². The second-order valence-corrected chi connectivity index (χ2v) is 3.13. The van der Waals surface area contributed by atoms with Gasteiger partial charge in [0.1, 0.15) is 12.2 Å². The van der Waals surface area contributed by atoms with Crippen LogP contribution in [0.5, 0.6) is 0 Å². The highest BCUT2D eigenvalue weighted by Crippen LogP contribution is 2.15. The Morgan fingerprint density at radius 1 is 1.54 bits per heavy atom. The van der Waals surface area contributed by atoms with Gasteiger partial charge in [-0.2, -0.15) is 0 Å². The van der Waals surface area contributed by atoms with Gasteiger partial charge in [-0.3, -0.25) is 9.59 Å². The molecule has 1 rings (SSSR count). The number of esters is 1. The molecule has 0 amide bonds. The van der Waals surface area contributed by atoms with Gasteiger partial charge >= 0.3 is 5.97 Å². The molecule has 0 aromatic rings. The van der Waals surface area contributed by atoms with Crippen molar-refractivity contribution in [2.24, 2.45) is 5.92 Å². The van der Waals surface area contributed by atoms with Crippen molar-refractivity contribution in [1.82, 2.24) is 0 Å². The molecule has 13 heavy (non-hydrogen) atoms. The van der Waals surface area contributed by atoms with Crippen LogP contribution >= 0.6 is 0 Å². The summed E-state index contributed by atoms with van der Waals surface area (Å²) in [6.45, 7) is 1.18. The molecule has 1 heterocycles. The molecule has 1 aliphatic rings. The molecule has 0 aromatic heterocycles. The molecule has 1 aliphatic heterocycles. The van der Waals surface area contributed by atoms with Crippen molar-refractivity contribution < 1.29 is 19.1 Å². The molecule has 0 N–H and O–H groups in total. The summed E-state index contributed by atoms with van der Waals surface area (Å²) < 4.78 is 9.56. The van der Waals surface area contributed by atoms with Crippen molar-refractivity contribution in [2.45, 2.75) is 19.3 Å². The lowest BCUT2D eigenvalue weighted by Gasteiger charge is -2.20. The summed E-state index contributed by atoms with van der Waals surface area (Å²) in [4.78, 5) is 22.2. The summed E-state index contributed by atoms with van der Waals surface area (Å²) >= 11 is 0. The minimum absolute atomic E-state index is 0.0634. The summed E-state index contributed by atoms with van der Waals surface area (Å²) in [6.07, 6.45) is 1.61. The van der Waals surface area contributed by atoms with Crippen LogP contribution in [0.25, 0.3) is 0 Å². The lowest BCUT2D eigenvalue weighted by molar-refractivity contribution is -0.145. The Morgan fingerprint density at radius 2 is 2.31 bits per heavy atom. The van der Waals surface area contributed by atoms with Crippen molar-refractivity contribution in [3.05, 3.63) is 0 Å². The molecule has 0 aliphatic carbocycles. The van der Waals surface area contributed by atoms with Crippen LogP contribution in [-0.2, 0) is 19.1 Å². The highest BCUT2D eigenvalue weighted by Gasteiger charge is 2.23. The maximum Gasteiger partial charge on any atom is 0.313 e. The molecule has 4 nitrogen and oxygen atoms in total. The topological polar surface area (TPSA) is 52.6 Å². The third-order valence-corrected chi connectivity index (χ3v) is 2.16. The number of carbonyl (C=O) groups is 2. The Bertz CT molecular complexity index is 194. The van der Waals surface area contributed by atoms with Gasteiger partial charge in [-0.05, 0) is 12.8 Å². The quantitative estimate of drug-likeness (QED) is 0.477. The first-order chi connectivity index (χ1) is 6.24. The van der Waals surface area contributed by atoms with Crippen LogP contribution in [0.2, 0.25) is 0 Å². The van der Waals surface area contributed by atoms with E-state index in [0.717, 1.165) is 19.4 Å². The van der Waals surface area contributed by atoms with E-state index in [4.69, 9.17) is 4.74 Å². The molecule has 0 saturated carbocycles. The Kier molecular flexibility index (Phi) is 3.89. The van der Waals surface area contributed by atoms with Crippen LogP contribution in [0, 0.1) is 5.92 Å². The highest BCUT2D eigenvalue weighted by molar-refractivity contribution is 5.96. The molecule has 0 bridgehead atoms. The standard InChI is InChI=1S/C9H14O4/c1-12-9(11)5-8(10)7-3-2-4-13-6-7/h7H,2-6H2,1H3/t7-/m1/s1. The molecular formula is C9H14O4. The Morgan fingerprint density at radius 3 is 2.85 bits per heavy atom. The van der Waals surface area contributed by atoms with E-state index < -0.39 is 5.97 Å². The molecule has 1 atom stereocenters. The van der Waals surface area contributed by atoms with Crippen LogP contribution in [0.15, 0.2) is 0 Å². The summed E-state index contributed by atoms with van der Waals surface area (Å²) in [5.74, 6) is -0.630. The van der Waals surface area contributed by atoms with E-state index in [1.807, 2.05) is 0 Å². The van der Waals surface area contributed by atoms with Gasteiger partial charge in [0.15, 0.2) is 0 Å². The minimum atomic E-state index is -0.462. The van der Waals surface area contributed by atoms with Crippen molar-refractivity contribution in [1.29, 1.82) is 0 Å². The lowest BCUT2D eigenvalue weighted by Crippen LogP contribution is -2.27. The van der Waals surface area contributed by atoms with Gasteiger partial charge in [0.25, 0.3) is 0 Å². The third kappa shape index (κ3) is 3.14. The molecule has 74 valence electrons. The average Bonchev–Trinajstić information content (AvgIpc) is 2.19. The van der Waals surface area contributed by atoms with Gasteiger partial charge in [0.05, 0.1) is 13.7 Å². The second-order valence-electron chi connectivity index (χ2n) is 3.13. The normalized spacial score (nSPS) is 22.4. The van der Waals surface area contributed by atoms with Gasteiger partial charge < -0.3 is 9.47 Å². The van der Waals surface area contributed by atoms with Crippen LogP contribution < -0.4 is 0 Å². The molecule has 4 heteroatoms. The minimum Gasteiger partial charge on any atom is -0.469 e. The summed E-state index contributed by atoms with van der Waals surface area (Å²) in [6, 6.07) is 0. The number of Topliss-reactive ketones (excluding diaryl/α,β-unsaturated/α-hetero) is 1. The molecule has 0 spiro atoms. The number of ether oxygens (including phenoxy) is 2. The predicted molar refractivity (Wildman–Crippen MR) is 45.2 cm³/mol. The van der Waals surface area contributed by atoms with E-state index in [0.29, 0.717) is 6.61 Å². The van der Waals surface area contributed by atoms with Crippen molar-refractivity contribution in [3.63, 3.8) is 0 Å². The van der Waals surface area contributed by atoms with Gasteiger partial charge in [-0.25, -0.2) is 0 Å². The van der Waals surface area contributed by atoms with Gasteiger partial charge in [-0.1, -0.05) is 0 Å². The summed E-state index contributed by atoms with van der Waals surface area (Å²) in [5, 5.41) is 0. The van der Waals surface area contributed by atoms with Crippen LogP contribution in [-0.4, -0.2) is 32.1 Å². The van der Waals surface area contributed by atoms with E-state index >= 15 is 0 Å². The van der Waals surface area contributed by atoms with Gasteiger partial charge in [0.2, 0.25) is 0 Å². The first-order valence-electron chi connectivity index (χ1n) is 4.41. The Hall–Kier alpha value is -0.900. The van der Waals surface area contributed by atoms with Gasteiger partial charge in [-0.15, -0.1) is 0 Å². The zero-order valence-electron chi connectivity index (χ0n) is 7.75. The molecule has 1 fully saturated rings. The number of hydrogen-bond donors (Lipinski definition) is 0. The van der Waals surface area contributed by atoms with Crippen LogP contribution in [0.3, 0.4) is 0 Å². The largest absolute Gasteiger partial charge is 0.469 e. The monoisotopic (exact) mass is 186 g/mol. The Labute approximate surface area is 77.2 Å². The summed E-state index contributed by atoms with van der Waals surface area (Å²) in [5.41, 5.74) is 0. The molecular weight excluding hydrogens is 172 g/mol. The number of ketones is 1. The Balaban J connectivity index is 2.33. The fraction of sp³-hybridized carbons (Fsp3) is 0.778. The van der Waals surface area contributed by atoms with E-state index in [2.05, 4.69) is 4.74 Å². The van der Waals surface area contributed by atoms with E-state index in [1.54, 1.807) is 0 Å². The zero-order valence-corrected chi connectivity index (χ0v) is 7.75. The van der Waals surface area contributed by atoms with Crippen LogP contribution in [0.1, 0.15) is 19.3 Å². The lowest BCUT2D eigenvalue weighted by atomic mass is 9.96. The van der Waals surface area contributed by atoms with E-state index in [-0.39, 0.29) is 18.1 Å². The first kappa shape index (κ1) is 10.2. The fourth-order valence-corrected chi connectivity index (χ4v) is 1.35. The van der Waals surface area contributed by atoms with E-state index in [9.17, 15) is 9.59 Å². The molecule has 1 saturated heterocycles. The van der Waals surface area contributed by atoms with E-state index in [1.165, 1.54) is 7.11 Å². The highest BCUT2D eigenvalue weighted by atomic mass is 16.5. The molecule has 0 radical (unpaired) electrons. The van der Waals surface area contributed by atoms with Crippen molar-refractivity contribution in [2.75, 3.05) is 20.3 Å². The SMILES string of the molecule is COC(=O)CC(=O)[C@@H]1CCCOC1. The van der Waals surface area contributed by atoms with Crippen molar-refractivity contribution in [3.8, 4) is 0 Å². The predicted octanol–water partition coefficient (Wildman–Crippen LogP) is 0.545. The number of rotatable bonds is 3. The number of carbonyl (C=O) groups excluding carboxylic acids is 2.